The third kappa shape index (κ3) is 2.72. The van der Waals surface area contributed by atoms with Crippen LogP contribution >= 0.6 is 0 Å². The molecule has 1 aliphatic carbocycles. The summed E-state index contributed by atoms with van der Waals surface area (Å²) in [5.74, 6) is 1.19. The van der Waals surface area contributed by atoms with Crippen molar-refractivity contribution in [3.8, 4) is 11.4 Å². The van der Waals surface area contributed by atoms with E-state index in [1.165, 1.54) is 12.1 Å². The predicted molar refractivity (Wildman–Crippen MR) is 73.7 cm³/mol. The van der Waals surface area contributed by atoms with E-state index in [2.05, 4.69) is 15.5 Å². The molecule has 0 atom stereocenters. The maximum atomic E-state index is 13.2. The number of aromatic nitrogens is 2. The van der Waals surface area contributed by atoms with Crippen LogP contribution in [0.4, 0.5) is 4.39 Å². The van der Waals surface area contributed by atoms with E-state index >= 15 is 0 Å². The average Bonchev–Trinajstić information content (AvgIpc) is 2.97. The highest BCUT2D eigenvalue weighted by molar-refractivity contribution is 5.53. The summed E-state index contributed by atoms with van der Waals surface area (Å²) in [7, 11) is 2.00. The smallest absolute Gasteiger partial charge is 0.230 e. The van der Waals surface area contributed by atoms with Gasteiger partial charge in [-0.05, 0) is 44.9 Å². The molecule has 20 heavy (non-hydrogen) atoms. The molecule has 0 unspecified atom stereocenters. The lowest BCUT2D eigenvalue weighted by Gasteiger charge is -2.25. The van der Waals surface area contributed by atoms with Crippen LogP contribution in [-0.2, 0) is 0 Å². The summed E-state index contributed by atoms with van der Waals surface area (Å²) in [4.78, 5) is 4.43. The number of hydrogen-bond donors (Lipinski definition) is 1. The van der Waals surface area contributed by atoms with Crippen LogP contribution in [-0.4, -0.2) is 23.2 Å². The molecule has 4 nitrogen and oxygen atoms in total. The van der Waals surface area contributed by atoms with Gasteiger partial charge in [-0.15, -0.1) is 0 Å². The van der Waals surface area contributed by atoms with E-state index in [0.29, 0.717) is 29.2 Å². The average molecular weight is 275 g/mol. The first-order chi connectivity index (χ1) is 9.76. The maximum absolute atomic E-state index is 13.2. The van der Waals surface area contributed by atoms with E-state index in [4.69, 9.17) is 4.52 Å². The maximum Gasteiger partial charge on any atom is 0.230 e. The van der Waals surface area contributed by atoms with Crippen molar-refractivity contribution in [1.29, 1.82) is 0 Å². The van der Waals surface area contributed by atoms with Gasteiger partial charge < -0.3 is 9.84 Å². The molecule has 0 saturated heterocycles. The Labute approximate surface area is 117 Å². The third-order valence-corrected chi connectivity index (χ3v) is 4.01. The topological polar surface area (TPSA) is 51.0 Å². The van der Waals surface area contributed by atoms with Crippen LogP contribution in [0.5, 0.6) is 0 Å². The first-order valence-electron chi connectivity index (χ1n) is 7.03. The minimum absolute atomic E-state index is 0.289. The fourth-order valence-electron chi connectivity index (χ4n) is 2.77. The molecule has 0 amide bonds. The van der Waals surface area contributed by atoms with Crippen molar-refractivity contribution in [2.45, 2.75) is 37.6 Å². The Morgan fingerprint density at radius 1 is 1.25 bits per heavy atom. The van der Waals surface area contributed by atoms with Gasteiger partial charge in [0.1, 0.15) is 5.82 Å². The van der Waals surface area contributed by atoms with Crippen LogP contribution in [0.25, 0.3) is 11.4 Å². The second-order valence-corrected chi connectivity index (χ2v) is 5.30. The van der Waals surface area contributed by atoms with Crippen molar-refractivity contribution in [3.63, 3.8) is 0 Å². The predicted octanol–water partition coefficient (Wildman–Crippen LogP) is 3.12. The third-order valence-electron chi connectivity index (χ3n) is 4.01. The van der Waals surface area contributed by atoms with Crippen LogP contribution in [0.3, 0.4) is 0 Å². The molecule has 1 fully saturated rings. The second kappa shape index (κ2) is 5.71. The number of halogens is 1. The fourth-order valence-corrected chi connectivity index (χ4v) is 2.77. The summed E-state index contributed by atoms with van der Waals surface area (Å²) in [6.07, 6.45) is 4.35. The lowest BCUT2D eigenvalue weighted by molar-refractivity contribution is 0.289. The van der Waals surface area contributed by atoms with Gasteiger partial charge in [0, 0.05) is 17.5 Å². The van der Waals surface area contributed by atoms with Gasteiger partial charge in [0.2, 0.25) is 11.7 Å². The van der Waals surface area contributed by atoms with Crippen LogP contribution < -0.4 is 5.32 Å². The lowest BCUT2D eigenvalue weighted by Crippen LogP contribution is -2.29. The molecule has 106 valence electrons. The van der Waals surface area contributed by atoms with Crippen LogP contribution in [0.15, 0.2) is 28.8 Å². The van der Waals surface area contributed by atoms with E-state index in [0.717, 1.165) is 25.7 Å². The molecule has 0 spiro atoms. The molecule has 0 bridgehead atoms. The second-order valence-electron chi connectivity index (χ2n) is 5.30. The Hall–Kier alpha value is -1.75. The van der Waals surface area contributed by atoms with Crippen molar-refractivity contribution in [3.05, 3.63) is 36.0 Å². The van der Waals surface area contributed by atoms with Gasteiger partial charge in [-0.2, -0.15) is 4.98 Å². The van der Waals surface area contributed by atoms with E-state index in [1.54, 1.807) is 12.1 Å². The SMILES string of the molecule is CNC1CCC(c2nc(-c3cccc(F)c3)no2)CC1. The Kier molecular flexibility index (Phi) is 3.78. The summed E-state index contributed by atoms with van der Waals surface area (Å²) in [6.45, 7) is 0. The number of benzene rings is 1. The first kappa shape index (κ1) is 13.2. The molecule has 0 radical (unpaired) electrons. The first-order valence-corrected chi connectivity index (χ1v) is 7.03. The zero-order chi connectivity index (χ0) is 13.9. The van der Waals surface area contributed by atoms with Gasteiger partial charge >= 0.3 is 0 Å². The van der Waals surface area contributed by atoms with Gasteiger partial charge in [0.25, 0.3) is 0 Å². The van der Waals surface area contributed by atoms with E-state index in [9.17, 15) is 4.39 Å². The van der Waals surface area contributed by atoms with E-state index in [-0.39, 0.29) is 5.82 Å². The Morgan fingerprint density at radius 2 is 2.05 bits per heavy atom. The lowest BCUT2D eigenvalue weighted by atomic mass is 9.86. The standard InChI is InChI=1S/C15H18FN3O/c1-17-13-7-5-10(6-8-13)15-18-14(19-20-15)11-3-2-4-12(16)9-11/h2-4,9-10,13,17H,5-8H2,1H3. The fraction of sp³-hybridized carbons (Fsp3) is 0.467. The van der Waals surface area contributed by atoms with Gasteiger partial charge in [0.15, 0.2) is 0 Å². The molecule has 1 heterocycles. The number of nitrogens with one attached hydrogen (secondary N) is 1. The van der Waals surface area contributed by atoms with Crippen molar-refractivity contribution in [2.24, 2.45) is 0 Å². The van der Waals surface area contributed by atoms with Gasteiger partial charge in [-0.1, -0.05) is 17.3 Å². The zero-order valence-corrected chi connectivity index (χ0v) is 11.5. The normalized spacial score (nSPS) is 22.9. The molecular weight excluding hydrogens is 257 g/mol. The molecule has 5 heteroatoms. The summed E-state index contributed by atoms with van der Waals surface area (Å²) in [5.41, 5.74) is 0.656. The highest BCUT2D eigenvalue weighted by atomic mass is 19.1. The van der Waals surface area contributed by atoms with Crippen LogP contribution in [0, 0.1) is 5.82 Å². The highest BCUT2D eigenvalue weighted by Gasteiger charge is 2.25. The minimum atomic E-state index is -0.289. The largest absolute Gasteiger partial charge is 0.339 e. The molecular formula is C15H18FN3O. The van der Waals surface area contributed by atoms with E-state index < -0.39 is 0 Å². The van der Waals surface area contributed by atoms with Crippen LogP contribution in [0.1, 0.15) is 37.5 Å². The van der Waals surface area contributed by atoms with Gasteiger partial charge in [0.05, 0.1) is 0 Å². The summed E-state index contributed by atoms with van der Waals surface area (Å²) < 4.78 is 18.6. The quantitative estimate of drug-likeness (QED) is 0.935. The molecule has 1 aromatic heterocycles. The van der Waals surface area contributed by atoms with E-state index in [1.807, 2.05) is 7.05 Å². The molecule has 1 aliphatic rings. The molecule has 2 aromatic rings. The van der Waals surface area contributed by atoms with Gasteiger partial charge in [-0.25, -0.2) is 4.39 Å². The van der Waals surface area contributed by atoms with Crippen molar-refractivity contribution < 1.29 is 8.91 Å². The number of hydrogen-bond acceptors (Lipinski definition) is 4. The monoisotopic (exact) mass is 275 g/mol. The highest BCUT2D eigenvalue weighted by Crippen LogP contribution is 2.32. The summed E-state index contributed by atoms with van der Waals surface area (Å²) in [6, 6.07) is 6.86. The minimum Gasteiger partial charge on any atom is -0.339 e. The van der Waals surface area contributed by atoms with Crippen molar-refractivity contribution >= 4 is 0 Å². The Morgan fingerprint density at radius 3 is 2.75 bits per heavy atom. The molecule has 1 saturated carbocycles. The summed E-state index contributed by atoms with van der Waals surface area (Å²) >= 11 is 0. The zero-order valence-electron chi connectivity index (χ0n) is 11.5. The van der Waals surface area contributed by atoms with Crippen LogP contribution in [0.2, 0.25) is 0 Å². The number of nitrogens with zero attached hydrogens (tertiary/aromatic N) is 2. The Balaban J connectivity index is 1.74. The van der Waals surface area contributed by atoms with Gasteiger partial charge in [-0.3, -0.25) is 0 Å². The molecule has 0 aliphatic heterocycles. The molecule has 1 aromatic carbocycles. The molecule has 1 N–H and O–H groups in total. The summed E-state index contributed by atoms with van der Waals surface area (Å²) in [5, 5.41) is 7.28. The Bertz CT molecular complexity index is 576. The van der Waals surface area contributed by atoms with Crippen molar-refractivity contribution in [1.82, 2.24) is 15.5 Å². The number of rotatable bonds is 3. The van der Waals surface area contributed by atoms with Crippen molar-refractivity contribution in [2.75, 3.05) is 7.05 Å². The molecule has 3 rings (SSSR count).